The van der Waals surface area contributed by atoms with Crippen LogP contribution in [0.15, 0.2) is 53.3 Å². The molecular weight excluding hydrogens is 358 g/mol. The van der Waals surface area contributed by atoms with Gasteiger partial charge in [0.15, 0.2) is 17.3 Å². The van der Waals surface area contributed by atoms with Gasteiger partial charge in [-0.25, -0.2) is 0 Å². The van der Waals surface area contributed by atoms with Crippen molar-refractivity contribution in [2.75, 3.05) is 14.2 Å². The molecular formula is C21H21N3O4. The van der Waals surface area contributed by atoms with Gasteiger partial charge in [-0.15, -0.1) is 0 Å². The summed E-state index contributed by atoms with van der Waals surface area (Å²) in [6.07, 6.45) is 4.93. The average molecular weight is 379 g/mol. The largest absolute Gasteiger partial charge is 0.493 e. The van der Waals surface area contributed by atoms with Crippen LogP contribution in [0.2, 0.25) is 0 Å². The summed E-state index contributed by atoms with van der Waals surface area (Å²) < 4.78 is 16.1. The number of methoxy groups -OCH3 is 2. The lowest BCUT2D eigenvalue weighted by Crippen LogP contribution is -2.34. The molecule has 7 nitrogen and oxygen atoms in total. The highest BCUT2D eigenvalue weighted by atomic mass is 16.5. The summed E-state index contributed by atoms with van der Waals surface area (Å²) in [6.45, 7) is 0.462. The second kappa shape index (κ2) is 7.34. The van der Waals surface area contributed by atoms with Crippen LogP contribution >= 0.6 is 0 Å². The Morgan fingerprint density at radius 3 is 2.54 bits per heavy atom. The molecule has 1 saturated carbocycles. The van der Waals surface area contributed by atoms with Crippen molar-refractivity contribution < 1.29 is 18.8 Å². The van der Waals surface area contributed by atoms with E-state index >= 15 is 0 Å². The zero-order chi connectivity index (χ0) is 19.6. The summed E-state index contributed by atoms with van der Waals surface area (Å²) in [5.41, 5.74) is 1.87. The van der Waals surface area contributed by atoms with Crippen molar-refractivity contribution in [1.82, 2.24) is 15.5 Å². The monoisotopic (exact) mass is 379 g/mol. The summed E-state index contributed by atoms with van der Waals surface area (Å²) in [5.74, 6) is 1.80. The number of hydrogen-bond acceptors (Lipinski definition) is 6. The highest BCUT2D eigenvalue weighted by molar-refractivity contribution is 5.91. The minimum absolute atomic E-state index is 0.0310. The molecule has 0 bridgehead atoms. The van der Waals surface area contributed by atoms with E-state index in [1.807, 2.05) is 36.4 Å². The minimum atomic E-state index is -0.606. The third-order valence-electron chi connectivity index (χ3n) is 5.06. The Labute approximate surface area is 162 Å². The number of rotatable bonds is 7. The van der Waals surface area contributed by atoms with Crippen LogP contribution in [-0.2, 0) is 16.8 Å². The number of ether oxygens (including phenoxy) is 2. The fourth-order valence-corrected chi connectivity index (χ4v) is 3.20. The van der Waals surface area contributed by atoms with Crippen LogP contribution in [0.5, 0.6) is 11.5 Å². The van der Waals surface area contributed by atoms with E-state index in [0.717, 1.165) is 24.0 Å². The molecule has 0 radical (unpaired) electrons. The van der Waals surface area contributed by atoms with E-state index in [0.29, 0.717) is 29.5 Å². The Hall–Kier alpha value is -3.35. The number of pyridine rings is 1. The molecule has 7 heteroatoms. The Balaban J connectivity index is 1.51. The minimum Gasteiger partial charge on any atom is -0.493 e. The number of nitrogens with one attached hydrogen (secondary N) is 1. The smallest absolute Gasteiger partial charge is 0.232 e. The van der Waals surface area contributed by atoms with Crippen molar-refractivity contribution in [3.63, 3.8) is 0 Å². The first-order valence-corrected chi connectivity index (χ1v) is 9.03. The van der Waals surface area contributed by atoms with Crippen molar-refractivity contribution in [2.24, 2.45) is 0 Å². The summed E-state index contributed by atoms with van der Waals surface area (Å²) in [5, 5.41) is 7.18. The summed E-state index contributed by atoms with van der Waals surface area (Å²) in [6, 6.07) is 11.1. The highest BCUT2D eigenvalue weighted by Gasteiger charge is 2.53. The maximum atomic E-state index is 12.8. The lowest BCUT2D eigenvalue weighted by Gasteiger charge is -2.12. The first-order valence-electron chi connectivity index (χ1n) is 9.03. The Morgan fingerprint density at radius 1 is 1.11 bits per heavy atom. The molecule has 2 heterocycles. The van der Waals surface area contributed by atoms with Gasteiger partial charge in [-0.1, -0.05) is 5.16 Å². The third kappa shape index (κ3) is 3.31. The fourth-order valence-electron chi connectivity index (χ4n) is 3.20. The number of nitrogens with zero attached hydrogens (tertiary/aromatic N) is 2. The van der Waals surface area contributed by atoms with Gasteiger partial charge in [0.2, 0.25) is 5.91 Å². The molecule has 1 fully saturated rings. The highest BCUT2D eigenvalue weighted by Crippen LogP contribution is 2.48. The maximum absolute atomic E-state index is 12.8. The number of amides is 1. The van der Waals surface area contributed by atoms with E-state index in [-0.39, 0.29) is 5.91 Å². The fraction of sp³-hybridized carbons (Fsp3) is 0.286. The molecule has 2 aromatic heterocycles. The predicted octanol–water partition coefficient (Wildman–Crippen LogP) is 3.10. The quantitative estimate of drug-likeness (QED) is 0.679. The lowest BCUT2D eigenvalue weighted by atomic mass is 10.00. The van der Waals surface area contributed by atoms with Gasteiger partial charge in [-0.3, -0.25) is 9.78 Å². The van der Waals surface area contributed by atoms with Crippen LogP contribution < -0.4 is 14.8 Å². The van der Waals surface area contributed by atoms with Crippen LogP contribution in [0.4, 0.5) is 0 Å². The molecule has 1 aliphatic carbocycles. The Morgan fingerprint density at radius 2 is 1.86 bits per heavy atom. The number of carbonyl (C=O) groups is 1. The standard InChI is InChI=1S/C21H21N3O4/c1-26-16-4-3-15(11-18(16)27-2)17-12-19(24-28-17)21(7-8-21)20(25)23-13-14-5-9-22-10-6-14/h3-6,9-12H,7-8,13H2,1-2H3,(H,23,25). The molecule has 0 aliphatic heterocycles. The van der Waals surface area contributed by atoms with Crippen molar-refractivity contribution in [2.45, 2.75) is 24.8 Å². The van der Waals surface area contributed by atoms with Gasteiger partial charge in [0, 0.05) is 30.6 Å². The number of carbonyl (C=O) groups excluding carboxylic acids is 1. The normalized spacial score (nSPS) is 14.4. The molecule has 28 heavy (non-hydrogen) atoms. The molecule has 4 rings (SSSR count). The lowest BCUT2D eigenvalue weighted by molar-refractivity contribution is -0.123. The first-order chi connectivity index (χ1) is 13.7. The van der Waals surface area contributed by atoms with Gasteiger partial charge >= 0.3 is 0 Å². The molecule has 0 atom stereocenters. The maximum Gasteiger partial charge on any atom is 0.232 e. The van der Waals surface area contributed by atoms with Crippen LogP contribution in [0.3, 0.4) is 0 Å². The number of hydrogen-bond donors (Lipinski definition) is 1. The summed E-state index contributed by atoms with van der Waals surface area (Å²) in [7, 11) is 3.17. The molecule has 0 unspecified atom stereocenters. The van der Waals surface area contributed by atoms with Crippen molar-refractivity contribution >= 4 is 5.91 Å². The van der Waals surface area contributed by atoms with E-state index in [2.05, 4.69) is 15.5 Å². The van der Waals surface area contributed by atoms with Gasteiger partial charge < -0.3 is 19.3 Å². The van der Waals surface area contributed by atoms with Gasteiger partial charge in [0.05, 0.1) is 25.3 Å². The predicted molar refractivity (Wildman–Crippen MR) is 102 cm³/mol. The first kappa shape index (κ1) is 18.0. The Kier molecular flexibility index (Phi) is 4.73. The number of benzene rings is 1. The Bertz CT molecular complexity index is 980. The zero-order valence-corrected chi connectivity index (χ0v) is 15.8. The molecule has 0 saturated heterocycles. The van der Waals surface area contributed by atoms with Crippen LogP contribution in [0.1, 0.15) is 24.1 Å². The van der Waals surface area contributed by atoms with E-state index < -0.39 is 5.41 Å². The third-order valence-corrected chi connectivity index (χ3v) is 5.06. The molecule has 1 N–H and O–H groups in total. The van der Waals surface area contributed by atoms with Crippen LogP contribution in [0, 0.1) is 0 Å². The molecule has 0 spiro atoms. The topological polar surface area (TPSA) is 86.5 Å². The van der Waals surface area contributed by atoms with Crippen LogP contribution in [0.25, 0.3) is 11.3 Å². The van der Waals surface area contributed by atoms with Gasteiger partial charge in [-0.2, -0.15) is 0 Å². The second-order valence-electron chi connectivity index (χ2n) is 6.77. The van der Waals surface area contributed by atoms with Gasteiger partial charge in [-0.05, 0) is 48.7 Å². The van der Waals surface area contributed by atoms with Crippen molar-refractivity contribution in [3.05, 3.63) is 60.0 Å². The SMILES string of the molecule is COc1ccc(-c2cc(C3(C(=O)NCc4ccncc4)CC3)no2)cc1OC. The molecule has 1 aliphatic rings. The molecule has 3 aromatic rings. The van der Waals surface area contributed by atoms with E-state index in [9.17, 15) is 4.79 Å². The molecule has 1 amide bonds. The van der Waals surface area contributed by atoms with Crippen molar-refractivity contribution in [1.29, 1.82) is 0 Å². The van der Waals surface area contributed by atoms with Crippen molar-refractivity contribution in [3.8, 4) is 22.8 Å². The summed E-state index contributed by atoms with van der Waals surface area (Å²) >= 11 is 0. The van der Waals surface area contributed by atoms with E-state index in [4.69, 9.17) is 14.0 Å². The zero-order valence-electron chi connectivity index (χ0n) is 15.8. The van der Waals surface area contributed by atoms with Crippen LogP contribution in [-0.4, -0.2) is 30.3 Å². The van der Waals surface area contributed by atoms with Gasteiger partial charge in [0.1, 0.15) is 0 Å². The molecule has 1 aromatic carbocycles. The second-order valence-corrected chi connectivity index (χ2v) is 6.77. The van der Waals surface area contributed by atoms with E-state index in [1.54, 1.807) is 26.6 Å². The molecule has 144 valence electrons. The average Bonchev–Trinajstić information content (AvgIpc) is 3.41. The van der Waals surface area contributed by atoms with E-state index in [1.165, 1.54) is 0 Å². The number of aromatic nitrogens is 2. The van der Waals surface area contributed by atoms with Gasteiger partial charge in [0.25, 0.3) is 0 Å². The summed E-state index contributed by atoms with van der Waals surface area (Å²) in [4.78, 5) is 16.8.